The average molecular weight is 277 g/mol. The fraction of sp³-hybridized carbons (Fsp3) is 0.211. The molecule has 106 valence electrons. The number of hydrogen-bond donors (Lipinski definition) is 1. The van der Waals surface area contributed by atoms with Gasteiger partial charge in [0.25, 0.3) is 0 Å². The molecule has 2 aromatic carbocycles. The zero-order valence-electron chi connectivity index (χ0n) is 12.4. The molecule has 0 radical (unpaired) electrons. The summed E-state index contributed by atoms with van der Waals surface area (Å²) >= 11 is 0. The normalized spacial score (nSPS) is 18.1. The molecule has 1 N–H and O–H groups in total. The zero-order valence-corrected chi connectivity index (χ0v) is 12.4. The molecule has 0 aliphatic carbocycles. The van der Waals surface area contributed by atoms with Gasteiger partial charge in [-0.25, -0.2) is 0 Å². The first-order valence-corrected chi connectivity index (χ1v) is 7.28. The van der Waals surface area contributed by atoms with Crippen LogP contribution in [0.5, 0.6) is 0 Å². The standard InChI is InChI=1S/C19H19NO/c1-13-7-3-5-9-16(13)18-11-15(21)12-19(20-18)17-10-6-4-8-14(17)2/h3-11,19-20H,12H2,1-2H3/t19-/m0/s1. The molecule has 0 fully saturated rings. The van der Waals surface area contributed by atoms with E-state index in [0.717, 1.165) is 11.3 Å². The van der Waals surface area contributed by atoms with E-state index in [-0.39, 0.29) is 11.8 Å². The summed E-state index contributed by atoms with van der Waals surface area (Å²) in [5.41, 5.74) is 5.62. The number of allylic oxidation sites excluding steroid dienone is 1. The Kier molecular flexibility index (Phi) is 3.61. The van der Waals surface area contributed by atoms with Gasteiger partial charge >= 0.3 is 0 Å². The number of ketones is 1. The number of benzene rings is 2. The lowest BCUT2D eigenvalue weighted by Crippen LogP contribution is -2.28. The topological polar surface area (TPSA) is 29.1 Å². The van der Waals surface area contributed by atoms with E-state index in [2.05, 4.69) is 43.4 Å². The zero-order chi connectivity index (χ0) is 14.8. The van der Waals surface area contributed by atoms with E-state index in [1.165, 1.54) is 16.7 Å². The highest BCUT2D eigenvalue weighted by Gasteiger charge is 2.23. The van der Waals surface area contributed by atoms with Crippen molar-refractivity contribution in [1.82, 2.24) is 5.32 Å². The van der Waals surface area contributed by atoms with Crippen LogP contribution in [0.15, 0.2) is 54.6 Å². The van der Waals surface area contributed by atoms with Crippen LogP contribution in [0.4, 0.5) is 0 Å². The van der Waals surface area contributed by atoms with Gasteiger partial charge < -0.3 is 5.32 Å². The molecular formula is C19H19NO. The Morgan fingerprint density at radius 1 is 0.952 bits per heavy atom. The van der Waals surface area contributed by atoms with Crippen molar-refractivity contribution < 1.29 is 4.79 Å². The molecule has 0 bridgehead atoms. The van der Waals surface area contributed by atoms with Gasteiger partial charge in [0, 0.05) is 23.8 Å². The molecule has 1 heterocycles. The Labute approximate surface area is 125 Å². The largest absolute Gasteiger partial charge is 0.377 e. The predicted octanol–water partition coefficient (Wildman–Crippen LogP) is 3.95. The Bertz CT molecular complexity index is 715. The van der Waals surface area contributed by atoms with Crippen molar-refractivity contribution >= 4 is 11.5 Å². The first kappa shape index (κ1) is 13.6. The first-order valence-electron chi connectivity index (χ1n) is 7.28. The van der Waals surface area contributed by atoms with Gasteiger partial charge in [-0.05, 0) is 30.5 Å². The van der Waals surface area contributed by atoms with Crippen LogP contribution in [0.3, 0.4) is 0 Å². The van der Waals surface area contributed by atoms with Gasteiger partial charge in [0.2, 0.25) is 0 Å². The minimum Gasteiger partial charge on any atom is -0.377 e. The summed E-state index contributed by atoms with van der Waals surface area (Å²) in [5, 5.41) is 3.54. The van der Waals surface area contributed by atoms with Gasteiger partial charge in [-0.2, -0.15) is 0 Å². The third-order valence-electron chi connectivity index (χ3n) is 4.04. The van der Waals surface area contributed by atoms with Crippen molar-refractivity contribution in [2.45, 2.75) is 26.3 Å². The van der Waals surface area contributed by atoms with Gasteiger partial charge in [0.05, 0.1) is 6.04 Å². The lowest BCUT2D eigenvalue weighted by molar-refractivity contribution is -0.115. The molecule has 1 aliphatic rings. The molecule has 0 saturated heterocycles. The molecule has 1 atom stereocenters. The van der Waals surface area contributed by atoms with Crippen LogP contribution in [0.2, 0.25) is 0 Å². The molecule has 3 rings (SSSR count). The van der Waals surface area contributed by atoms with Crippen LogP contribution < -0.4 is 5.32 Å². The summed E-state index contributed by atoms with van der Waals surface area (Å²) in [4.78, 5) is 12.1. The van der Waals surface area contributed by atoms with E-state index in [1.807, 2.05) is 24.3 Å². The highest BCUT2D eigenvalue weighted by atomic mass is 16.1. The minimum atomic E-state index is 0.0540. The number of nitrogens with one attached hydrogen (secondary N) is 1. The molecule has 0 unspecified atom stereocenters. The summed E-state index contributed by atoms with van der Waals surface area (Å²) in [7, 11) is 0. The van der Waals surface area contributed by atoms with Crippen molar-refractivity contribution in [3.8, 4) is 0 Å². The maximum absolute atomic E-state index is 12.1. The maximum Gasteiger partial charge on any atom is 0.160 e. The SMILES string of the molecule is Cc1ccccc1C1=CC(=O)C[C@@H](c2ccccc2C)N1. The average Bonchev–Trinajstić information content (AvgIpc) is 2.47. The molecule has 0 spiro atoms. The van der Waals surface area contributed by atoms with Crippen LogP contribution in [0, 0.1) is 13.8 Å². The van der Waals surface area contributed by atoms with Crippen LogP contribution >= 0.6 is 0 Å². The summed E-state index contributed by atoms with van der Waals surface area (Å²) in [6.45, 7) is 4.16. The highest BCUT2D eigenvalue weighted by Crippen LogP contribution is 2.29. The fourth-order valence-electron chi connectivity index (χ4n) is 2.90. The van der Waals surface area contributed by atoms with Crippen LogP contribution in [0.1, 0.15) is 34.7 Å². The van der Waals surface area contributed by atoms with E-state index in [1.54, 1.807) is 6.08 Å². The molecule has 2 nitrogen and oxygen atoms in total. The second-order valence-electron chi connectivity index (χ2n) is 5.60. The maximum atomic E-state index is 12.1. The molecule has 0 amide bonds. The Balaban J connectivity index is 1.97. The number of hydrogen-bond acceptors (Lipinski definition) is 2. The summed E-state index contributed by atoms with van der Waals surface area (Å²) in [6, 6.07) is 16.4. The van der Waals surface area contributed by atoms with Gasteiger partial charge in [-0.15, -0.1) is 0 Å². The second-order valence-corrected chi connectivity index (χ2v) is 5.60. The number of aryl methyl sites for hydroxylation is 2. The molecule has 1 aliphatic heterocycles. The van der Waals surface area contributed by atoms with Gasteiger partial charge in [0.1, 0.15) is 0 Å². The molecule has 0 aromatic heterocycles. The highest BCUT2D eigenvalue weighted by molar-refractivity contribution is 5.99. The van der Waals surface area contributed by atoms with Crippen LogP contribution in [-0.2, 0) is 4.79 Å². The fourth-order valence-corrected chi connectivity index (χ4v) is 2.90. The summed E-state index contributed by atoms with van der Waals surface area (Å²) < 4.78 is 0. The minimum absolute atomic E-state index is 0.0540. The third kappa shape index (κ3) is 2.75. The van der Waals surface area contributed by atoms with Crippen molar-refractivity contribution in [3.63, 3.8) is 0 Å². The van der Waals surface area contributed by atoms with Crippen LogP contribution in [-0.4, -0.2) is 5.78 Å². The number of rotatable bonds is 2. The smallest absolute Gasteiger partial charge is 0.160 e. The van der Waals surface area contributed by atoms with Crippen molar-refractivity contribution in [3.05, 3.63) is 76.9 Å². The second kappa shape index (κ2) is 5.57. The molecule has 2 heteroatoms. The van der Waals surface area contributed by atoms with E-state index in [4.69, 9.17) is 0 Å². The molecule has 0 saturated carbocycles. The van der Waals surface area contributed by atoms with E-state index >= 15 is 0 Å². The molecule has 2 aromatic rings. The first-order chi connectivity index (χ1) is 10.1. The van der Waals surface area contributed by atoms with Gasteiger partial charge in [-0.1, -0.05) is 48.5 Å². The lowest BCUT2D eigenvalue weighted by atomic mass is 9.92. The van der Waals surface area contributed by atoms with Crippen LogP contribution in [0.25, 0.3) is 5.70 Å². The van der Waals surface area contributed by atoms with Crippen molar-refractivity contribution in [2.75, 3.05) is 0 Å². The van der Waals surface area contributed by atoms with Gasteiger partial charge in [0.15, 0.2) is 5.78 Å². The predicted molar refractivity (Wildman–Crippen MR) is 85.8 cm³/mol. The van der Waals surface area contributed by atoms with E-state index < -0.39 is 0 Å². The Morgan fingerprint density at radius 2 is 1.62 bits per heavy atom. The Hall–Kier alpha value is -2.35. The molecular weight excluding hydrogens is 258 g/mol. The van der Waals surface area contributed by atoms with Crippen molar-refractivity contribution in [2.24, 2.45) is 0 Å². The third-order valence-corrected chi connectivity index (χ3v) is 4.04. The quantitative estimate of drug-likeness (QED) is 0.900. The van der Waals surface area contributed by atoms with Gasteiger partial charge in [-0.3, -0.25) is 4.79 Å². The lowest BCUT2D eigenvalue weighted by Gasteiger charge is -2.27. The number of carbonyl (C=O) groups excluding carboxylic acids is 1. The van der Waals surface area contributed by atoms with E-state index in [9.17, 15) is 4.79 Å². The summed E-state index contributed by atoms with van der Waals surface area (Å²) in [6.07, 6.45) is 2.25. The monoisotopic (exact) mass is 277 g/mol. The molecule has 21 heavy (non-hydrogen) atoms. The summed E-state index contributed by atoms with van der Waals surface area (Å²) in [5.74, 6) is 0.181. The van der Waals surface area contributed by atoms with Crippen molar-refractivity contribution in [1.29, 1.82) is 0 Å². The van der Waals surface area contributed by atoms with E-state index in [0.29, 0.717) is 6.42 Å². The number of carbonyl (C=O) groups is 1. The Morgan fingerprint density at radius 3 is 2.33 bits per heavy atom.